The number of hydrogen-bond donors (Lipinski definition) is 1. The molecule has 0 aliphatic carbocycles. The van der Waals surface area contributed by atoms with E-state index in [0.717, 1.165) is 24.3 Å². The first-order valence-electron chi connectivity index (χ1n) is 6.38. The molecule has 108 valence electrons. The highest BCUT2D eigenvalue weighted by Crippen LogP contribution is 2.21. The minimum atomic E-state index is -0.215. The van der Waals surface area contributed by atoms with E-state index < -0.39 is 0 Å². The first-order chi connectivity index (χ1) is 9.22. The zero-order valence-corrected chi connectivity index (χ0v) is 11.9. The molecular formula is C14H23FN2O2. The lowest BCUT2D eigenvalue weighted by Crippen LogP contribution is -2.32. The van der Waals surface area contributed by atoms with E-state index in [1.54, 1.807) is 20.3 Å². The number of rotatable bonds is 9. The molecule has 1 N–H and O–H groups in total. The summed E-state index contributed by atoms with van der Waals surface area (Å²) >= 11 is 0. The summed E-state index contributed by atoms with van der Waals surface area (Å²) in [5.41, 5.74) is 1.96. The molecule has 0 atom stereocenters. The zero-order valence-electron chi connectivity index (χ0n) is 11.9. The Balaban J connectivity index is 2.91. The monoisotopic (exact) mass is 270 g/mol. The Kier molecular flexibility index (Phi) is 7.40. The summed E-state index contributed by atoms with van der Waals surface area (Å²) in [6, 6.07) is 4.87. The van der Waals surface area contributed by atoms with Crippen LogP contribution in [0.25, 0.3) is 0 Å². The Labute approximate surface area is 114 Å². The molecule has 0 saturated carbocycles. The van der Waals surface area contributed by atoms with E-state index in [-0.39, 0.29) is 5.82 Å². The zero-order chi connectivity index (χ0) is 14.1. The number of halogens is 1. The van der Waals surface area contributed by atoms with Crippen LogP contribution in [0, 0.1) is 5.82 Å². The van der Waals surface area contributed by atoms with Gasteiger partial charge in [-0.2, -0.15) is 0 Å². The molecule has 0 heterocycles. The van der Waals surface area contributed by atoms with Crippen molar-refractivity contribution in [3.8, 4) is 0 Å². The molecule has 0 aliphatic rings. The van der Waals surface area contributed by atoms with Crippen molar-refractivity contribution in [2.45, 2.75) is 6.54 Å². The molecule has 0 aliphatic heterocycles. The molecule has 4 nitrogen and oxygen atoms in total. The number of anilines is 1. The molecule has 0 radical (unpaired) electrons. The molecular weight excluding hydrogens is 247 g/mol. The minimum absolute atomic E-state index is 0.215. The minimum Gasteiger partial charge on any atom is -0.383 e. The van der Waals surface area contributed by atoms with Crippen LogP contribution in [-0.2, 0) is 16.0 Å². The van der Waals surface area contributed by atoms with Gasteiger partial charge in [0.1, 0.15) is 5.82 Å². The van der Waals surface area contributed by atoms with Crippen molar-refractivity contribution in [2.75, 3.05) is 52.5 Å². The van der Waals surface area contributed by atoms with Crippen molar-refractivity contribution in [2.24, 2.45) is 0 Å². The van der Waals surface area contributed by atoms with Gasteiger partial charge in [-0.15, -0.1) is 0 Å². The molecule has 0 amide bonds. The number of methoxy groups -OCH3 is 2. The molecule has 0 saturated heterocycles. The third kappa shape index (κ3) is 5.14. The van der Waals surface area contributed by atoms with Crippen molar-refractivity contribution in [1.82, 2.24) is 5.32 Å². The summed E-state index contributed by atoms with van der Waals surface area (Å²) in [5, 5.41) is 3.06. The molecule has 0 unspecified atom stereocenters. The lowest BCUT2D eigenvalue weighted by Gasteiger charge is -2.26. The second kappa shape index (κ2) is 8.85. The van der Waals surface area contributed by atoms with Gasteiger partial charge in [0.05, 0.1) is 13.2 Å². The van der Waals surface area contributed by atoms with E-state index in [4.69, 9.17) is 9.47 Å². The topological polar surface area (TPSA) is 33.7 Å². The molecule has 5 heteroatoms. The van der Waals surface area contributed by atoms with Gasteiger partial charge in [0.2, 0.25) is 0 Å². The van der Waals surface area contributed by atoms with Crippen LogP contribution in [0.4, 0.5) is 10.1 Å². The Hall–Kier alpha value is -1.17. The fraction of sp³-hybridized carbons (Fsp3) is 0.571. The second-order valence-corrected chi connectivity index (χ2v) is 4.28. The standard InChI is InChI=1S/C14H23FN2O2/c1-16-11-12-10-13(15)4-5-14(12)17(6-8-18-2)7-9-19-3/h4-5,10,16H,6-9,11H2,1-3H3. The van der Waals surface area contributed by atoms with E-state index >= 15 is 0 Å². The van der Waals surface area contributed by atoms with Crippen LogP contribution in [0.5, 0.6) is 0 Å². The van der Waals surface area contributed by atoms with Crippen LogP contribution in [0.1, 0.15) is 5.56 Å². The Morgan fingerprint density at radius 2 is 1.79 bits per heavy atom. The van der Waals surface area contributed by atoms with Gasteiger partial charge in [0, 0.05) is 39.5 Å². The Morgan fingerprint density at radius 1 is 1.16 bits per heavy atom. The van der Waals surface area contributed by atoms with Crippen molar-refractivity contribution in [1.29, 1.82) is 0 Å². The SMILES string of the molecule is CNCc1cc(F)ccc1N(CCOC)CCOC. The second-order valence-electron chi connectivity index (χ2n) is 4.28. The maximum atomic E-state index is 13.3. The number of benzene rings is 1. The number of ether oxygens (including phenoxy) is 2. The van der Waals surface area contributed by atoms with Gasteiger partial charge in [0.15, 0.2) is 0 Å². The lowest BCUT2D eigenvalue weighted by molar-refractivity contribution is 0.190. The first kappa shape index (κ1) is 15.9. The number of nitrogens with zero attached hydrogens (tertiary/aromatic N) is 1. The highest BCUT2D eigenvalue weighted by Gasteiger charge is 2.11. The predicted octanol–water partition coefficient (Wildman–Crippen LogP) is 1.64. The number of hydrogen-bond acceptors (Lipinski definition) is 4. The normalized spacial score (nSPS) is 10.7. The first-order valence-corrected chi connectivity index (χ1v) is 6.38. The van der Waals surface area contributed by atoms with Gasteiger partial charge >= 0.3 is 0 Å². The van der Waals surface area contributed by atoms with Crippen LogP contribution < -0.4 is 10.2 Å². The predicted molar refractivity (Wildman–Crippen MR) is 75.1 cm³/mol. The summed E-state index contributed by atoms with van der Waals surface area (Å²) < 4.78 is 23.6. The van der Waals surface area contributed by atoms with Crippen LogP contribution >= 0.6 is 0 Å². The van der Waals surface area contributed by atoms with E-state index in [9.17, 15) is 4.39 Å². The van der Waals surface area contributed by atoms with E-state index in [1.807, 2.05) is 13.1 Å². The quantitative estimate of drug-likeness (QED) is 0.740. The third-order valence-electron chi connectivity index (χ3n) is 2.88. The van der Waals surface area contributed by atoms with E-state index in [1.165, 1.54) is 6.07 Å². The fourth-order valence-electron chi connectivity index (χ4n) is 1.95. The Bertz CT molecular complexity index is 366. The van der Waals surface area contributed by atoms with Gasteiger partial charge in [0.25, 0.3) is 0 Å². The van der Waals surface area contributed by atoms with Crippen molar-refractivity contribution >= 4 is 5.69 Å². The summed E-state index contributed by atoms with van der Waals surface area (Å²) in [7, 11) is 5.20. The van der Waals surface area contributed by atoms with E-state index in [0.29, 0.717) is 19.8 Å². The summed E-state index contributed by atoms with van der Waals surface area (Å²) in [4.78, 5) is 2.15. The van der Waals surface area contributed by atoms with Gasteiger partial charge in [-0.1, -0.05) is 0 Å². The summed E-state index contributed by atoms with van der Waals surface area (Å²) in [6.45, 7) is 3.38. The van der Waals surface area contributed by atoms with Crippen LogP contribution in [0.15, 0.2) is 18.2 Å². The molecule has 1 aromatic carbocycles. The van der Waals surface area contributed by atoms with Gasteiger partial charge < -0.3 is 19.7 Å². The average molecular weight is 270 g/mol. The summed E-state index contributed by atoms with van der Waals surface area (Å²) in [6.07, 6.45) is 0. The molecule has 0 bridgehead atoms. The van der Waals surface area contributed by atoms with Crippen LogP contribution in [-0.4, -0.2) is 47.6 Å². The van der Waals surface area contributed by atoms with Crippen molar-refractivity contribution < 1.29 is 13.9 Å². The largest absolute Gasteiger partial charge is 0.383 e. The smallest absolute Gasteiger partial charge is 0.123 e. The van der Waals surface area contributed by atoms with Gasteiger partial charge in [-0.25, -0.2) is 4.39 Å². The van der Waals surface area contributed by atoms with Crippen LogP contribution in [0.2, 0.25) is 0 Å². The molecule has 0 aromatic heterocycles. The fourth-order valence-corrected chi connectivity index (χ4v) is 1.95. The number of nitrogens with one attached hydrogen (secondary N) is 1. The van der Waals surface area contributed by atoms with Crippen molar-refractivity contribution in [3.63, 3.8) is 0 Å². The highest BCUT2D eigenvalue weighted by atomic mass is 19.1. The molecule has 19 heavy (non-hydrogen) atoms. The van der Waals surface area contributed by atoms with Gasteiger partial charge in [-0.3, -0.25) is 0 Å². The maximum Gasteiger partial charge on any atom is 0.123 e. The maximum absolute atomic E-state index is 13.3. The highest BCUT2D eigenvalue weighted by molar-refractivity contribution is 5.54. The molecule has 0 spiro atoms. The molecule has 1 aromatic rings. The van der Waals surface area contributed by atoms with Crippen molar-refractivity contribution in [3.05, 3.63) is 29.6 Å². The van der Waals surface area contributed by atoms with E-state index in [2.05, 4.69) is 10.2 Å². The van der Waals surface area contributed by atoms with Crippen LogP contribution in [0.3, 0.4) is 0 Å². The third-order valence-corrected chi connectivity index (χ3v) is 2.88. The molecule has 1 rings (SSSR count). The summed E-state index contributed by atoms with van der Waals surface area (Å²) in [5.74, 6) is -0.215. The lowest BCUT2D eigenvalue weighted by atomic mass is 10.1. The molecule has 0 fully saturated rings. The van der Waals surface area contributed by atoms with Gasteiger partial charge in [-0.05, 0) is 30.8 Å². The average Bonchev–Trinajstić information content (AvgIpc) is 2.40. The Morgan fingerprint density at radius 3 is 2.32 bits per heavy atom.